The third kappa shape index (κ3) is 9.06. The van der Waals surface area contributed by atoms with Crippen LogP contribution in [0.4, 0.5) is 0 Å². The summed E-state index contributed by atoms with van der Waals surface area (Å²) >= 11 is 1.63. The Morgan fingerprint density at radius 2 is 1.76 bits per heavy atom. The summed E-state index contributed by atoms with van der Waals surface area (Å²) in [5.74, 6) is -0.0639. The molecular formula is C28H40N2O3S. The molecule has 0 saturated carbocycles. The van der Waals surface area contributed by atoms with Gasteiger partial charge >= 0.3 is 5.97 Å². The summed E-state index contributed by atoms with van der Waals surface area (Å²) in [4.78, 5) is 11.7. The number of fused-ring (bicyclic) bond motifs is 1. The van der Waals surface area contributed by atoms with Crippen molar-refractivity contribution in [3.63, 3.8) is 0 Å². The smallest absolute Gasteiger partial charge is 0.303 e. The van der Waals surface area contributed by atoms with Gasteiger partial charge in [-0.05, 0) is 106 Å². The highest BCUT2D eigenvalue weighted by Crippen LogP contribution is 2.32. The summed E-state index contributed by atoms with van der Waals surface area (Å²) in [5.41, 5.74) is 4.20. The van der Waals surface area contributed by atoms with Gasteiger partial charge in [0.05, 0.1) is 6.10 Å². The molecule has 0 bridgehead atoms. The van der Waals surface area contributed by atoms with Crippen LogP contribution in [0.2, 0.25) is 0 Å². The van der Waals surface area contributed by atoms with Gasteiger partial charge in [0.15, 0.2) is 0 Å². The Balaban J connectivity index is 1.35. The molecule has 0 unspecified atom stereocenters. The van der Waals surface area contributed by atoms with Gasteiger partial charge in [0.25, 0.3) is 0 Å². The highest BCUT2D eigenvalue weighted by molar-refractivity contribution is 7.97. The minimum Gasteiger partial charge on any atom is -0.481 e. The zero-order chi connectivity index (χ0) is 24.6. The maximum atomic E-state index is 10.6. The van der Waals surface area contributed by atoms with Gasteiger partial charge in [0, 0.05) is 29.9 Å². The molecule has 0 heterocycles. The number of unbranched alkanes of at least 4 members (excludes halogenated alkanes) is 1. The third-order valence-corrected chi connectivity index (χ3v) is 7.45. The monoisotopic (exact) mass is 484 g/mol. The van der Waals surface area contributed by atoms with Crippen LogP contribution in [0, 0.1) is 5.92 Å². The molecule has 1 aliphatic rings. The predicted molar refractivity (Wildman–Crippen MR) is 140 cm³/mol. The number of aliphatic carboxylic acids is 1. The summed E-state index contributed by atoms with van der Waals surface area (Å²) in [6, 6.07) is 17.2. The van der Waals surface area contributed by atoms with E-state index in [1.807, 2.05) is 7.05 Å². The predicted octanol–water partition coefficient (Wildman–Crippen LogP) is 4.96. The maximum absolute atomic E-state index is 10.6. The molecule has 0 aliphatic heterocycles. The third-order valence-electron chi connectivity index (χ3n) is 6.51. The molecule has 2 aromatic rings. The van der Waals surface area contributed by atoms with E-state index in [-0.39, 0.29) is 12.0 Å². The van der Waals surface area contributed by atoms with Crippen molar-refractivity contribution in [3.05, 3.63) is 65.2 Å². The average Bonchev–Trinajstić information content (AvgIpc) is 3.18. The van der Waals surface area contributed by atoms with Crippen molar-refractivity contribution in [1.82, 2.24) is 9.62 Å². The Bertz CT molecular complexity index is 891. The first-order valence-corrected chi connectivity index (χ1v) is 13.2. The van der Waals surface area contributed by atoms with Crippen molar-refractivity contribution in [2.75, 3.05) is 20.1 Å². The highest BCUT2D eigenvalue weighted by Gasteiger charge is 2.28. The van der Waals surface area contributed by atoms with Crippen molar-refractivity contribution in [2.24, 2.45) is 5.92 Å². The molecule has 0 spiro atoms. The molecule has 1 aliphatic carbocycles. The Morgan fingerprint density at radius 1 is 1.12 bits per heavy atom. The van der Waals surface area contributed by atoms with Gasteiger partial charge in [-0.25, -0.2) is 4.31 Å². The van der Waals surface area contributed by atoms with Gasteiger partial charge in [-0.1, -0.05) is 36.4 Å². The lowest BCUT2D eigenvalue weighted by molar-refractivity contribution is -0.137. The number of aryl methyl sites for hydroxylation is 1. The van der Waals surface area contributed by atoms with Crippen LogP contribution < -0.4 is 5.32 Å². The van der Waals surface area contributed by atoms with E-state index in [0.29, 0.717) is 25.4 Å². The van der Waals surface area contributed by atoms with Gasteiger partial charge in [-0.15, -0.1) is 0 Å². The lowest BCUT2D eigenvalue weighted by atomic mass is 9.88. The molecule has 0 fully saturated rings. The number of hydrogen-bond acceptors (Lipinski definition) is 5. The zero-order valence-corrected chi connectivity index (χ0v) is 21.6. The van der Waals surface area contributed by atoms with Crippen molar-refractivity contribution < 1.29 is 15.0 Å². The summed E-state index contributed by atoms with van der Waals surface area (Å²) in [7, 11) is 2.01. The van der Waals surface area contributed by atoms with Crippen molar-refractivity contribution in [3.8, 4) is 0 Å². The molecule has 3 rings (SSSR count). The number of rotatable bonds is 14. The van der Waals surface area contributed by atoms with Crippen molar-refractivity contribution in [1.29, 1.82) is 0 Å². The van der Waals surface area contributed by atoms with E-state index in [2.05, 4.69) is 72.0 Å². The van der Waals surface area contributed by atoms with E-state index in [9.17, 15) is 9.90 Å². The summed E-state index contributed by atoms with van der Waals surface area (Å²) < 4.78 is 2.08. The number of carboxylic acid groups (broad SMARTS) is 1. The van der Waals surface area contributed by atoms with Crippen LogP contribution >= 0.6 is 11.9 Å². The topological polar surface area (TPSA) is 72.8 Å². The Hall–Kier alpha value is -1.86. The number of hydrogen-bond donors (Lipinski definition) is 3. The molecule has 34 heavy (non-hydrogen) atoms. The summed E-state index contributed by atoms with van der Waals surface area (Å²) in [6.45, 7) is 5.64. The minimum atomic E-state index is -0.726. The summed E-state index contributed by atoms with van der Waals surface area (Å²) in [6.07, 6.45) is 5.72. The van der Waals surface area contributed by atoms with Crippen molar-refractivity contribution in [2.45, 2.75) is 75.3 Å². The molecule has 0 saturated heterocycles. The molecular weight excluding hydrogens is 444 g/mol. The van der Waals surface area contributed by atoms with E-state index < -0.39 is 12.1 Å². The number of aliphatic hydroxyl groups is 1. The second-order valence-corrected chi connectivity index (χ2v) is 11.6. The number of benzene rings is 2. The lowest BCUT2D eigenvalue weighted by Crippen LogP contribution is -2.46. The molecule has 186 valence electrons. The number of carbonyl (C=O) groups is 1. The summed E-state index contributed by atoms with van der Waals surface area (Å²) in [5, 5.41) is 22.9. The fourth-order valence-electron chi connectivity index (χ4n) is 4.88. The first kappa shape index (κ1) is 26.7. The SMILES string of the molecule is CN(C[C@H](O)CNC(C)(C)CC1Cc2ccccc2C1)Sc1ccc(CCCCC(=O)O)cc1. The van der Waals surface area contributed by atoms with Gasteiger partial charge in [-0.3, -0.25) is 4.79 Å². The Morgan fingerprint density at radius 3 is 2.38 bits per heavy atom. The first-order valence-electron chi connectivity index (χ1n) is 12.4. The molecule has 0 radical (unpaired) electrons. The van der Waals surface area contributed by atoms with E-state index in [0.717, 1.165) is 37.0 Å². The van der Waals surface area contributed by atoms with Crippen LogP contribution in [0.1, 0.15) is 56.2 Å². The van der Waals surface area contributed by atoms with Gasteiger partial charge in [-0.2, -0.15) is 0 Å². The number of nitrogens with zero attached hydrogens (tertiary/aromatic N) is 1. The van der Waals surface area contributed by atoms with Crippen molar-refractivity contribution >= 4 is 17.9 Å². The Kier molecular flexibility index (Phi) is 10.0. The van der Waals surface area contributed by atoms with E-state index in [4.69, 9.17) is 5.11 Å². The van der Waals surface area contributed by atoms with Crippen LogP contribution in [-0.2, 0) is 24.1 Å². The molecule has 0 aromatic heterocycles. The fourth-order valence-corrected chi connectivity index (χ4v) is 5.75. The minimum absolute atomic E-state index is 0.0142. The number of carboxylic acids is 1. The number of aliphatic hydroxyl groups excluding tert-OH is 1. The van der Waals surface area contributed by atoms with Gasteiger partial charge in [0.1, 0.15) is 0 Å². The number of nitrogens with one attached hydrogen (secondary N) is 1. The van der Waals surface area contributed by atoms with Crippen LogP contribution in [0.5, 0.6) is 0 Å². The first-order chi connectivity index (χ1) is 16.2. The van der Waals surface area contributed by atoms with Crippen LogP contribution in [0.3, 0.4) is 0 Å². The number of likely N-dealkylation sites (N-methyl/N-ethyl adjacent to an activating group) is 1. The van der Waals surface area contributed by atoms with Gasteiger partial charge in [0.2, 0.25) is 0 Å². The van der Waals surface area contributed by atoms with E-state index >= 15 is 0 Å². The van der Waals surface area contributed by atoms with E-state index in [1.54, 1.807) is 11.9 Å². The highest BCUT2D eigenvalue weighted by atomic mass is 32.2. The fraction of sp³-hybridized carbons (Fsp3) is 0.536. The second-order valence-electron chi connectivity index (χ2n) is 10.3. The molecule has 3 N–H and O–H groups in total. The van der Waals surface area contributed by atoms with Crippen LogP contribution in [0.25, 0.3) is 0 Å². The molecule has 6 heteroatoms. The van der Waals surface area contributed by atoms with Crippen LogP contribution in [-0.4, -0.2) is 52.3 Å². The molecule has 5 nitrogen and oxygen atoms in total. The maximum Gasteiger partial charge on any atom is 0.303 e. The van der Waals surface area contributed by atoms with Gasteiger partial charge < -0.3 is 15.5 Å². The largest absolute Gasteiger partial charge is 0.481 e. The normalized spacial score (nSPS) is 15.0. The lowest BCUT2D eigenvalue weighted by Gasteiger charge is -2.31. The quantitative estimate of drug-likeness (QED) is 0.260. The number of β-amino-alcohol motifs (C(OH)–C–C–N with tert-alkyl or cyclic N) is 1. The second kappa shape index (κ2) is 12.7. The molecule has 2 aromatic carbocycles. The molecule has 0 amide bonds. The Labute approximate surface area is 209 Å². The average molecular weight is 485 g/mol. The van der Waals surface area contributed by atoms with E-state index in [1.165, 1.54) is 16.7 Å². The molecule has 1 atom stereocenters. The standard InChI is InChI=1S/C28H40N2O3S/c1-28(2,18-22-16-23-9-5-6-10-24(23)17-22)29-19-25(31)20-30(3)34-26-14-12-21(13-15-26)8-4-7-11-27(32)33/h5-6,9-10,12-15,22,25,29,31H,4,7-8,11,16-20H2,1-3H3,(H,32,33)/t25-/m1/s1. The zero-order valence-electron chi connectivity index (χ0n) is 20.8. The van der Waals surface area contributed by atoms with Crippen LogP contribution in [0.15, 0.2) is 53.4 Å².